The summed E-state index contributed by atoms with van der Waals surface area (Å²) in [7, 11) is 0. The third kappa shape index (κ3) is 3.78. The summed E-state index contributed by atoms with van der Waals surface area (Å²) in [6.45, 7) is 3.89. The minimum atomic E-state index is -0.672. The maximum atomic E-state index is 12.0. The van der Waals surface area contributed by atoms with Gasteiger partial charge in [-0.05, 0) is 18.2 Å². The molecule has 0 aliphatic heterocycles. The molecule has 0 aliphatic carbocycles. The van der Waals surface area contributed by atoms with Crippen LogP contribution in [0.25, 0.3) is 0 Å². The predicted molar refractivity (Wildman–Crippen MR) is 78.1 cm³/mol. The summed E-state index contributed by atoms with van der Waals surface area (Å²) in [5.41, 5.74) is 6.02. The van der Waals surface area contributed by atoms with Gasteiger partial charge in [-0.2, -0.15) is 0 Å². The Morgan fingerprint density at radius 3 is 2.48 bits per heavy atom. The third-order valence-electron chi connectivity index (χ3n) is 2.64. The van der Waals surface area contributed by atoms with Crippen LogP contribution in [-0.2, 0) is 0 Å². The molecule has 2 aromatic rings. The zero-order valence-corrected chi connectivity index (χ0v) is 11.7. The molecular formula is C13H16N6O2. The van der Waals surface area contributed by atoms with Crippen LogP contribution < -0.4 is 16.4 Å². The molecule has 21 heavy (non-hydrogen) atoms. The molecule has 1 heterocycles. The topological polar surface area (TPSA) is 126 Å². The van der Waals surface area contributed by atoms with Gasteiger partial charge in [-0.1, -0.05) is 19.9 Å². The summed E-state index contributed by atoms with van der Waals surface area (Å²) in [5.74, 6) is 0.424. The zero-order valence-electron chi connectivity index (χ0n) is 11.7. The monoisotopic (exact) mass is 288 g/mol. The summed E-state index contributed by atoms with van der Waals surface area (Å²) in [5, 5.41) is 11.7. The number of urea groups is 1. The molecule has 0 radical (unpaired) electrons. The van der Waals surface area contributed by atoms with Gasteiger partial charge >= 0.3 is 6.03 Å². The smallest absolute Gasteiger partial charge is 0.316 e. The van der Waals surface area contributed by atoms with Crippen molar-refractivity contribution in [2.75, 3.05) is 10.6 Å². The van der Waals surface area contributed by atoms with E-state index in [0.29, 0.717) is 17.2 Å². The zero-order chi connectivity index (χ0) is 15.4. The molecule has 1 aromatic heterocycles. The van der Waals surface area contributed by atoms with Gasteiger partial charge in [-0.25, -0.2) is 9.78 Å². The Balaban J connectivity index is 2.09. The Bertz CT molecular complexity index is 664. The van der Waals surface area contributed by atoms with Gasteiger partial charge in [0.15, 0.2) is 0 Å². The lowest BCUT2D eigenvalue weighted by molar-refractivity contribution is 0.101. The van der Waals surface area contributed by atoms with Gasteiger partial charge in [-0.3, -0.25) is 9.89 Å². The molecule has 8 nitrogen and oxygen atoms in total. The average molecular weight is 288 g/mol. The van der Waals surface area contributed by atoms with E-state index in [1.54, 1.807) is 24.3 Å². The number of benzene rings is 1. The van der Waals surface area contributed by atoms with Crippen molar-refractivity contribution >= 4 is 23.3 Å². The van der Waals surface area contributed by atoms with E-state index < -0.39 is 11.9 Å². The van der Waals surface area contributed by atoms with Crippen molar-refractivity contribution in [2.45, 2.75) is 19.8 Å². The first-order valence-electron chi connectivity index (χ1n) is 6.36. The summed E-state index contributed by atoms with van der Waals surface area (Å²) in [4.78, 5) is 26.9. The Labute approximate surface area is 121 Å². The molecule has 8 heteroatoms. The van der Waals surface area contributed by atoms with E-state index in [9.17, 15) is 9.59 Å². The largest absolute Gasteiger partial charge is 0.351 e. The second kappa shape index (κ2) is 6.04. The number of aromatic nitrogens is 3. The molecule has 0 unspecified atom stereocenters. The summed E-state index contributed by atoms with van der Waals surface area (Å²) < 4.78 is 0. The van der Waals surface area contributed by atoms with Gasteiger partial charge in [0.25, 0.3) is 5.91 Å². The number of nitrogens with one attached hydrogen (secondary N) is 3. The van der Waals surface area contributed by atoms with E-state index >= 15 is 0 Å². The van der Waals surface area contributed by atoms with Crippen molar-refractivity contribution in [3.05, 3.63) is 35.9 Å². The van der Waals surface area contributed by atoms with Gasteiger partial charge in [0.05, 0.1) is 0 Å². The molecule has 0 spiro atoms. The van der Waals surface area contributed by atoms with Crippen LogP contribution in [0.1, 0.15) is 36.2 Å². The second-order valence-corrected chi connectivity index (χ2v) is 4.72. The minimum absolute atomic E-state index is 0.0620. The average Bonchev–Trinajstić information content (AvgIpc) is 2.88. The first-order valence-corrected chi connectivity index (χ1v) is 6.36. The maximum Gasteiger partial charge on any atom is 0.316 e. The molecule has 0 atom stereocenters. The Hall–Kier alpha value is -2.90. The number of rotatable bonds is 4. The van der Waals surface area contributed by atoms with Crippen molar-refractivity contribution in [2.24, 2.45) is 5.73 Å². The van der Waals surface area contributed by atoms with Gasteiger partial charge < -0.3 is 16.4 Å². The minimum Gasteiger partial charge on any atom is -0.351 e. The fourth-order valence-electron chi connectivity index (χ4n) is 1.64. The number of primary amides is 1. The molecule has 110 valence electrons. The standard InChI is InChI=1S/C13H16N6O2/c1-7(2)10-17-11(19-18-10)12(20)15-8-4-3-5-9(6-8)16-13(14)21/h3-7H,1-2H3,(H,15,20)(H3,14,16,21)(H,17,18,19). The highest BCUT2D eigenvalue weighted by Crippen LogP contribution is 2.15. The van der Waals surface area contributed by atoms with Gasteiger partial charge in [0.2, 0.25) is 5.82 Å². The van der Waals surface area contributed by atoms with Crippen LogP contribution in [0.5, 0.6) is 0 Å². The third-order valence-corrected chi connectivity index (χ3v) is 2.64. The lowest BCUT2D eigenvalue weighted by Gasteiger charge is -2.06. The van der Waals surface area contributed by atoms with Crippen molar-refractivity contribution in [3.63, 3.8) is 0 Å². The van der Waals surface area contributed by atoms with Crippen molar-refractivity contribution in [1.82, 2.24) is 15.2 Å². The van der Waals surface area contributed by atoms with Crippen molar-refractivity contribution in [1.29, 1.82) is 0 Å². The lowest BCUT2D eigenvalue weighted by atomic mass is 10.2. The second-order valence-electron chi connectivity index (χ2n) is 4.72. The molecule has 0 aliphatic rings. The fraction of sp³-hybridized carbons (Fsp3) is 0.231. The molecule has 0 fully saturated rings. The number of hydrogen-bond donors (Lipinski definition) is 4. The molecule has 5 N–H and O–H groups in total. The Kier molecular flexibility index (Phi) is 4.17. The van der Waals surface area contributed by atoms with E-state index in [1.165, 1.54) is 0 Å². The molecule has 0 saturated carbocycles. The quantitative estimate of drug-likeness (QED) is 0.682. The number of H-pyrrole nitrogens is 1. The Morgan fingerprint density at radius 2 is 1.90 bits per heavy atom. The Morgan fingerprint density at radius 1 is 1.24 bits per heavy atom. The SMILES string of the molecule is CC(C)c1nc(C(=O)Nc2cccc(NC(N)=O)c2)n[nH]1. The predicted octanol–water partition coefficient (Wildman–Crippen LogP) is 1.67. The number of nitrogens with zero attached hydrogens (tertiary/aromatic N) is 2. The number of nitrogens with two attached hydrogens (primary N) is 1. The van der Waals surface area contributed by atoms with Crippen molar-refractivity contribution in [3.8, 4) is 0 Å². The number of carbonyl (C=O) groups is 2. The number of carbonyl (C=O) groups excluding carboxylic acids is 2. The fourth-order valence-corrected chi connectivity index (χ4v) is 1.64. The van der Waals surface area contributed by atoms with Gasteiger partial charge in [0, 0.05) is 17.3 Å². The summed E-state index contributed by atoms with van der Waals surface area (Å²) in [6.07, 6.45) is 0. The van der Waals surface area contributed by atoms with Gasteiger partial charge in [-0.15, -0.1) is 5.10 Å². The van der Waals surface area contributed by atoms with Crippen LogP contribution in [0.15, 0.2) is 24.3 Å². The highest BCUT2D eigenvalue weighted by molar-refractivity contribution is 6.02. The first kappa shape index (κ1) is 14.5. The number of aromatic amines is 1. The molecule has 0 bridgehead atoms. The van der Waals surface area contributed by atoms with E-state index in [-0.39, 0.29) is 11.7 Å². The molecule has 1 aromatic carbocycles. The lowest BCUT2D eigenvalue weighted by Crippen LogP contribution is -2.19. The normalized spacial score (nSPS) is 10.4. The van der Waals surface area contributed by atoms with Crippen LogP contribution in [-0.4, -0.2) is 27.1 Å². The highest BCUT2D eigenvalue weighted by Gasteiger charge is 2.14. The van der Waals surface area contributed by atoms with E-state index in [4.69, 9.17) is 5.73 Å². The van der Waals surface area contributed by atoms with Crippen LogP contribution >= 0.6 is 0 Å². The highest BCUT2D eigenvalue weighted by atomic mass is 16.2. The van der Waals surface area contributed by atoms with E-state index in [0.717, 1.165) is 0 Å². The molecule has 3 amide bonds. The maximum absolute atomic E-state index is 12.0. The summed E-state index contributed by atoms with van der Waals surface area (Å²) >= 11 is 0. The summed E-state index contributed by atoms with van der Waals surface area (Å²) in [6, 6.07) is 5.93. The number of hydrogen-bond acceptors (Lipinski definition) is 4. The first-order chi connectivity index (χ1) is 9.95. The van der Waals surface area contributed by atoms with Crippen LogP contribution in [0, 0.1) is 0 Å². The molecule has 2 rings (SSSR count). The molecule has 0 saturated heterocycles. The van der Waals surface area contributed by atoms with E-state index in [2.05, 4.69) is 25.8 Å². The van der Waals surface area contributed by atoms with Crippen LogP contribution in [0.4, 0.5) is 16.2 Å². The van der Waals surface area contributed by atoms with Crippen molar-refractivity contribution < 1.29 is 9.59 Å². The van der Waals surface area contributed by atoms with Crippen LogP contribution in [0.2, 0.25) is 0 Å². The van der Waals surface area contributed by atoms with Gasteiger partial charge in [0.1, 0.15) is 5.82 Å². The number of amides is 3. The molecular weight excluding hydrogens is 272 g/mol. The van der Waals surface area contributed by atoms with E-state index in [1.807, 2.05) is 13.8 Å². The van der Waals surface area contributed by atoms with Crippen LogP contribution in [0.3, 0.4) is 0 Å². The number of anilines is 2.